The third-order valence-corrected chi connectivity index (χ3v) is 6.64. The van der Waals surface area contributed by atoms with Crippen molar-refractivity contribution < 1.29 is 28.9 Å². The van der Waals surface area contributed by atoms with E-state index in [1.807, 2.05) is 25.1 Å². The van der Waals surface area contributed by atoms with Crippen molar-refractivity contribution in [2.75, 3.05) is 53.6 Å². The van der Waals surface area contributed by atoms with Gasteiger partial charge in [0.25, 0.3) is 11.7 Å². The number of aliphatic hydroxyl groups is 1. The fourth-order valence-corrected chi connectivity index (χ4v) is 4.79. The second-order valence-electron chi connectivity index (χ2n) is 8.72. The zero-order chi connectivity index (χ0) is 24.9. The zero-order valence-corrected chi connectivity index (χ0v) is 20.5. The molecule has 2 aromatic carbocycles. The van der Waals surface area contributed by atoms with Crippen LogP contribution in [0.4, 0.5) is 0 Å². The molecule has 186 valence electrons. The highest BCUT2D eigenvalue weighted by Gasteiger charge is 2.46. The van der Waals surface area contributed by atoms with E-state index in [2.05, 4.69) is 4.90 Å². The fourth-order valence-electron chi connectivity index (χ4n) is 4.79. The van der Waals surface area contributed by atoms with E-state index < -0.39 is 17.7 Å². The molecular formula is C27H32N2O6. The van der Waals surface area contributed by atoms with Gasteiger partial charge in [-0.15, -0.1) is 0 Å². The number of carbonyl (C=O) groups excluding carboxylic acids is 2. The number of likely N-dealkylation sites (tertiary alicyclic amines) is 1. The van der Waals surface area contributed by atoms with E-state index in [0.29, 0.717) is 48.8 Å². The number of benzene rings is 2. The van der Waals surface area contributed by atoms with Crippen molar-refractivity contribution in [3.05, 3.63) is 64.7 Å². The summed E-state index contributed by atoms with van der Waals surface area (Å²) in [5.41, 5.74) is 1.95. The van der Waals surface area contributed by atoms with Gasteiger partial charge in [-0.1, -0.05) is 18.2 Å². The Kier molecular flexibility index (Phi) is 7.73. The number of carbonyl (C=O) groups is 2. The Labute approximate surface area is 205 Å². The number of amides is 1. The summed E-state index contributed by atoms with van der Waals surface area (Å²) in [6, 6.07) is 11.8. The van der Waals surface area contributed by atoms with E-state index in [0.717, 1.165) is 25.2 Å². The number of para-hydroxylation sites is 1. The summed E-state index contributed by atoms with van der Waals surface area (Å²) in [6.07, 6.45) is 0.695. The van der Waals surface area contributed by atoms with Gasteiger partial charge in [-0.25, -0.2) is 0 Å². The Morgan fingerprint density at radius 3 is 2.49 bits per heavy atom. The minimum Gasteiger partial charge on any atom is -0.507 e. The van der Waals surface area contributed by atoms with Gasteiger partial charge in [-0.05, 0) is 43.2 Å². The molecule has 4 rings (SSSR count). The van der Waals surface area contributed by atoms with E-state index in [-0.39, 0.29) is 11.3 Å². The highest BCUT2D eigenvalue weighted by molar-refractivity contribution is 6.46. The number of nitrogens with zero attached hydrogens (tertiary/aromatic N) is 2. The highest BCUT2D eigenvalue weighted by Crippen LogP contribution is 2.43. The third kappa shape index (κ3) is 5.04. The van der Waals surface area contributed by atoms with Crippen LogP contribution in [0.25, 0.3) is 5.76 Å². The van der Waals surface area contributed by atoms with E-state index in [4.69, 9.17) is 14.2 Å². The molecule has 0 radical (unpaired) electrons. The van der Waals surface area contributed by atoms with Crippen LogP contribution in [0.3, 0.4) is 0 Å². The lowest BCUT2D eigenvalue weighted by molar-refractivity contribution is -0.140. The Balaban J connectivity index is 1.73. The van der Waals surface area contributed by atoms with Gasteiger partial charge in [0.15, 0.2) is 0 Å². The first-order valence-electron chi connectivity index (χ1n) is 11.8. The maximum atomic E-state index is 13.3. The van der Waals surface area contributed by atoms with Crippen LogP contribution in [0.2, 0.25) is 0 Å². The maximum absolute atomic E-state index is 13.3. The SMILES string of the molecule is COc1ccc(/C(O)=C2\C(=O)C(=O)N(CCCN3CCOCC3)[C@@H]2c2ccccc2OC)c(C)c1. The van der Waals surface area contributed by atoms with Crippen LogP contribution < -0.4 is 9.47 Å². The smallest absolute Gasteiger partial charge is 0.295 e. The van der Waals surface area contributed by atoms with Crippen molar-refractivity contribution in [2.45, 2.75) is 19.4 Å². The molecule has 8 heteroatoms. The number of ether oxygens (including phenoxy) is 3. The first kappa shape index (κ1) is 24.8. The van der Waals surface area contributed by atoms with Gasteiger partial charge in [-0.3, -0.25) is 14.5 Å². The van der Waals surface area contributed by atoms with Crippen molar-refractivity contribution in [1.29, 1.82) is 0 Å². The number of Topliss-reactive ketones (excluding diaryl/α,β-unsaturated/α-hetero) is 1. The van der Waals surface area contributed by atoms with Crippen LogP contribution in [0.15, 0.2) is 48.0 Å². The number of ketones is 1. The Morgan fingerprint density at radius 1 is 1.06 bits per heavy atom. The summed E-state index contributed by atoms with van der Waals surface area (Å²) in [5.74, 6) is -0.315. The molecule has 2 aromatic rings. The molecule has 1 N–H and O–H groups in total. The standard InChI is InChI=1S/C27H32N2O6/c1-18-17-19(33-2)9-10-20(18)25(30)23-24(21-7-4-5-8-22(21)34-3)29(27(32)26(23)31)12-6-11-28-13-15-35-16-14-28/h4-5,7-10,17,24,30H,6,11-16H2,1-3H3/b25-23+/t24-/m1/s1. The van der Waals surface area contributed by atoms with E-state index in [9.17, 15) is 14.7 Å². The molecule has 1 atom stereocenters. The summed E-state index contributed by atoms with van der Waals surface area (Å²) >= 11 is 0. The molecule has 0 aromatic heterocycles. The second kappa shape index (κ2) is 10.9. The van der Waals surface area contributed by atoms with Gasteiger partial charge in [0.2, 0.25) is 0 Å². The van der Waals surface area contributed by atoms with E-state index in [1.54, 1.807) is 43.4 Å². The molecule has 35 heavy (non-hydrogen) atoms. The average molecular weight is 481 g/mol. The van der Waals surface area contributed by atoms with Crippen LogP contribution in [0.1, 0.15) is 29.2 Å². The molecule has 0 unspecified atom stereocenters. The number of aryl methyl sites for hydroxylation is 1. The molecular weight excluding hydrogens is 448 g/mol. The molecule has 2 saturated heterocycles. The predicted molar refractivity (Wildman–Crippen MR) is 132 cm³/mol. The molecule has 2 aliphatic rings. The van der Waals surface area contributed by atoms with Crippen molar-refractivity contribution in [2.24, 2.45) is 0 Å². The van der Waals surface area contributed by atoms with E-state index in [1.165, 1.54) is 0 Å². The van der Waals surface area contributed by atoms with Crippen LogP contribution in [-0.2, 0) is 14.3 Å². The van der Waals surface area contributed by atoms with Gasteiger partial charge in [0, 0.05) is 37.3 Å². The number of hydrogen-bond donors (Lipinski definition) is 1. The minimum atomic E-state index is -0.752. The van der Waals surface area contributed by atoms with Crippen LogP contribution in [0, 0.1) is 6.92 Å². The molecule has 2 aliphatic heterocycles. The first-order chi connectivity index (χ1) is 17.0. The number of aliphatic hydroxyl groups excluding tert-OH is 1. The van der Waals surface area contributed by atoms with Gasteiger partial charge < -0.3 is 24.2 Å². The zero-order valence-electron chi connectivity index (χ0n) is 20.5. The number of methoxy groups -OCH3 is 2. The van der Waals surface area contributed by atoms with Gasteiger partial charge >= 0.3 is 0 Å². The van der Waals surface area contributed by atoms with Crippen molar-refractivity contribution in [3.63, 3.8) is 0 Å². The number of rotatable bonds is 8. The van der Waals surface area contributed by atoms with Crippen LogP contribution in [0.5, 0.6) is 11.5 Å². The molecule has 2 heterocycles. The van der Waals surface area contributed by atoms with Crippen LogP contribution in [-0.4, -0.2) is 80.2 Å². The molecule has 2 fully saturated rings. The summed E-state index contributed by atoms with van der Waals surface area (Å²) in [4.78, 5) is 30.4. The number of morpholine rings is 1. The fraction of sp³-hybridized carbons (Fsp3) is 0.407. The highest BCUT2D eigenvalue weighted by atomic mass is 16.5. The Hall–Kier alpha value is -3.36. The Bertz CT molecular complexity index is 1120. The van der Waals surface area contributed by atoms with Crippen molar-refractivity contribution in [1.82, 2.24) is 9.80 Å². The number of hydrogen-bond acceptors (Lipinski definition) is 7. The lowest BCUT2D eigenvalue weighted by atomic mass is 9.93. The molecule has 0 spiro atoms. The van der Waals surface area contributed by atoms with Crippen molar-refractivity contribution >= 4 is 17.4 Å². The van der Waals surface area contributed by atoms with E-state index >= 15 is 0 Å². The lowest BCUT2D eigenvalue weighted by Crippen LogP contribution is -2.39. The van der Waals surface area contributed by atoms with Crippen LogP contribution >= 0.6 is 0 Å². The van der Waals surface area contributed by atoms with Crippen molar-refractivity contribution in [3.8, 4) is 11.5 Å². The largest absolute Gasteiger partial charge is 0.507 e. The molecule has 0 saturated carbocycles. The summed E-state index contributed by atoms with van der Waals surface area (Å²) in [6.45, 7) is 6.11. The van der Waals surface area contributed by atoms with Gasteiger partial charge in [0.05, 0.1) is 39.0 Å². The quantitative estimate of drug-likeness (QED) is 0.353. The first-order valence-corrected chi connectivity index (χ1v) is 11.8. The maximum Gasteiger partial charge on any atom is 0.295 e. The van der Waals surface area contributed by atoms with Gasteiger partial charge in [0.1, 0.15) is 17.3 Å². The molecule has 8 nitrogen and oxygen atoms in total. The average Bonchev–Trinajstić information content (AvgIpc) is 3.13. The monoisotopic (exact) mass is 480 g/mol. The minimum absolute atomic E-state index is 0.0686. The predicted octanol–water partition coefficient (Wildman–Crippen LogP) is 3.16. The lowest BCUT2D eigenvalue weighted by Gasteiger charge is -2.29. The summed E-state index contributed by atoms with van der Waals surface area (Å²) in [5, 5.41) is 11.4. The second-order valence-corrected chi connectivity index (χ2v) is 8.72. The van der Waals surface area contributed by atoms with Gasteiger partial charge in [-0.2, -0.15) is 0 Å². The summed E-state index contributed by atoms with van der Waals surface area (Å²) < 4.78 is 16.3. The molecule has 1 amide bonds. The summed E-state index contributed by atoms with van der Waals surface area (Å²) in [7, 11) is 3.12. The Morgan fingerprint density at radius 2 is 1.80 bits per heavy atom. The molecule has 0 aliphatic carbocycles. The molecule has 0 bridgehead atoms. The topological polar surface area (TPSA) is 88.5 Å². The normalized spacial score (nSPS) is 20.3. The third-order valence-electron chi connectivity index (χ3n) is 6.64.